The van der Waals surface area contributed by atoms with Crippen molar-refractivity contribution in [3.63, 3.8) is 0 Å². The zero-order valence-electron chi connectivity index (χ0n) is 10.7. The molecule has 0 aliphatic heterocycles. The minimum Gasteiger partial charge on any atom is -1.00 e. The Labute approximate surface area is 147 Å². The van der Waals surface area contributed by atoms with Crippen LogP contribution in [0.1, 0.15) is 0 Å². The maximum absolute atomic E-state index is 2.89. The van der Waals surface area contributed by atoms with Crippen molar-refractivity contribution >= 4 is 10.8 Å². The van der Waals surface area contributed by atoms with Crippen molar-refractivity contribution in [1.29, 1.82) is 0 Å². The predicted octanol–water partition coefficient (Wildman–Crippen LogP) is -1.50. The zero-order valence-corrected chi connectivity index (χ0v) is 14.7. The summed E-state index contributed by atoms with van der Waals surface area (Å²) in [5, 5.41) is 2.66. The standard InChI is InChI=1S/C9H7.C6H5.CH3.2ClH.Zr/c1-2-5-9-7-3-6-8(9)4-1;1-2-4-6-5-3-1;;;;/h1-7H;1-5H;1H3;2*1H;/q3*-1;;;+2/p-2. The molecule has 3 aromatic carbocycles. The van der Waals surface area contributed by atoms with Gasteiger partial charge in [-0.1, -0.05) is 6.07 Å². The third kappa shape index (κ3) is 8.32. The zero-order chi connectivity index (χ0) is 10.3. The second-order valence-corrected chi connectivity index (χ2v) is 3.23. The molecule has 0 saturated carbocycles. The number of fused-ring (bicyclic) bond motifs is 1. The number of halogens is 2. The molecule has 0 saturated heterocycles. The van der Waals surface area contributed by atoms with Crippen LogP contribution in [0.4, 0.5) is 0 Å². The van der Waals surface area contributed by atoms with Crippen LogP contribution in [0.3, 0.4) is 0 Å². The van der Waals surface area contributed by atoms with E-state index in [2.05, 4.69) is 48.5 Å². The van der Waals surface area contributed by atoms with Gasteiger partial charge in [0.15, 0.2) is 0 Å². The summed E-state index contributed by atoms with van der Waals surface area (Å²) in [6, 6.07) is 27.2. The van der Waals surface area contributed by atoms with Crippen LogP contribution < -0.4 is 24.8 Å². The maximum Gasteiger partial charge on any atom is 2.00 e. The Morgan fingerprint density at radius 1 is 0.789 bits per heavy atom. The van der Waals surface area contributed by atoms with Gasteiger partial charge in [0.25, 0.3) is 0 Å². The summed E-state index contributed by atoms with van der Waals surface area (Å²) in [6.07, 6.45) is 0. The first-order valence-electron chi connectivity index (χ1n) is 4.98. The monoisotopic (exact) mass is 367 g/mol. The van der Waals surface area contributed by atoms with Crippen molar-refractivity contribution in [3.05, 3.63) is 86.3 Å². The van der Waals surface area contributed by atoms with Gasteiger partial charge in [0.2, 0.25) is 0 Å². The van der Waals surface area contributed by atoms with Crippen molar-refractivity contribution < 1.29 is 51.0 Å². The Balaban J connectivity index is -0.000000234. The Morgan fingerprint density at radius 2 is 1.42 bits per heavy atom. The second-order valence-electron chi connectivity index (χ2n) is 3.23. The Morgan fingerprint density at radius 3 is 1.89 bits per heavy atom. The van der Waals surface area contributed by atoms with Crippen LogP contribution in [0, 0.1) is 13.5 Å². The van der Waals surface area contributed by atoms with E-state index in [1.54, 1.807) is 0 Å². The van der Waals surface area contributed by atoms with Gasteiger partial charge in [-0.25, -0.2) is 0 Å². The first-order chi connectivity index (χ1) is 7.47. The molecule has 0 aliphatic carbocycles. The molecule has 3 aromatic rings. The molecule has 0 fully saturated rings. The number of hydrogen-bond acceptors (Lipinski definition) is 0. The topological polar surface area (TPSA) is 0 Å². The number of hydrogen-bond donors (Lipinski definition) is 0. The van der Waals surface area contributed by atoms with Gasteiger partial charge in [0, 0.05) is 0 Å². The SMILES string of the molecule is [CH3-].[Cl-].[Cl-].[Zr+2].[c-]1ccccc1.c1ccc2[cH-]ccc2c1. The largest absolute Gasteiger partial charge is 2.00 e. The van der Waals surface area contributed by atoms with Gasteiger partial charge in [-0.2, -0.15) is 53.9 Å². The van der Waals surface area contributed by atoms with E-state index >= 15 is 0 Å². The molecular weight excluding hydrogens is 354 g/mol. The molecule has 0 unspecified atom stereocenters. The molecule has 0 heterocycles. The summed E-state index contributed by atoms with van der Waals surface area (Å²) in [4.78, 5) is 0. The molecule has 3 heteroatoms. The van der Waals surface area contributed by atoms with E-state index in [1.807, 2.05) is 30.3 Å². The van der Waals surface area contributed by atoms with Crippen molar-refractivity contribution in [1.82, 2.24) is 0 Å². The molecule has 0 spiro atoms. The van der Waals surface area contributed by atoms with Crippen LogP contribution >= 0.6 is 0 Å². The predicted molar refractivity (Wildman–Crippen MR) is 71.2 cm³/mol. The molecule has 0 nitrogen and oxygen atoms in total. The van der Waals surface area contributed by atoms with Gasteiger partial charge in [-0.3, -0.25) is 0 Å². The summed E-state index contributed by atoms with van der Waals surface area (Å²) in [7, 11) is 0. The molecule has 0 atom stereocenters. The number of benzene rings is 2. The van der Waals surface area contributed by atoms with E-state index in [0.29, 0.717) is 0 Å². The Kier molecular flexibility index (Phi) is 17.3. The van der Waals surface area contributed by atoms with Crippen LogP contribution in [0.15, 0.2) is 72.8 Å². The third-order valence-corrected chi connectivity index (χ3v) is 2.15. The van der Waals surface area contributed by atoms with Crippen molar-refractivity contribution in [3.8, 4) is 0 Å². The van der Waals surface area contributed by atoms with Gasteiger partial charge >= 0.3 is 26.2 Å². The van der Waals surface area contributed by atoms with E-state index in [0.717, 1.165) is 0 Å². The first-order valence-corrected chi connectivity index (χ1v) is 4.98. The summed E-state index contributed by atoms with van der Waals surface area (Å²) >= 11 is 0. The maximum atomic E-state index is 2.89. The van der Waals surface area contributed by atoms with Crippen LogP contribution in [-0.4, -0.2) is 0 Å². The second kappa shape index (κ2) is 13.9. The fourth-order valence-electron chi connectivity index (χ4n) is 1.41. The average molecular weight is 369 g/mol. The molecule has 0 N–H and O–H groups in total. The summed E-state index contributed by atoms with van der Waals surface area (Å²) in [5.74, 6) is 0. The summed E-state index contributed by atoms with van der Waals surface area (Å²) in [5.41, 5.74) is 0. The minimum atomic E-state index is 0. The number of rotatable bonds is 0. The normalized spacial score (nSPS) is 7.37. The van der Waals surface area contributed by atoms with Gasteiger partial charge in [0.05, 0.1) is 0 Å². The molecule has 0 aromatic heterocycles. The minimum absolute atomic E-state index is 0. The molecule has 0 radical (unpaired) electrons. The van der Waals surface area contributed by atoms with Crippen LogP contribution in [0.2, 0.25) is 0 Å². The van der Waals surface area contributed by atoms with E-state index in [9.17, 15) is 0 Å². The van der Waals surface area contributed by atoms with Gasteiger partial charge < -0.3 is 32.2 Å². The fourth-order valence-corrected chi connectivity index (χ4v) is 1.41. The van der Waals surface area contributed by atoms with E-state index in [1.165, 1.54) is 10.8 Å². The van der Waals surface area contributed by atoms with Crippen LogP contribution in [0.5, 0.6) is 0 Å². The van der Waals surface area contributed by atoms with Crippen LogP contribution in [-0.2, 0) is 26.2 Å². The van der Waals surface area contributed by atoms with Gasteiger partial charge in [-0.15, -0.1) is 29.7 Å². The summed E-state index contributed by atoms with van der Waals surface area (Å²) < 4.78 is 0. The molecule has 0 bridgehead atoms. The third-order valence-electron chi connectivity index (χ3n) is 2.15. The van der Waals surface area contributed by atoms with E-state index in [-0.39, 0.29) is 58.4 Å². The molecule has 100 valence electrons. The van der Waals surface area contributed by atoms with Crippen LogP contribution in [0.25, 0.3) is 10.8 Å². The molecule has 19 heavy (non-hydrogen) atoms. The molecule has 0 amide bonds. The first kappa shape index (κ1) is 23.6. The molecule has 0 aliphatic rings. The van der Waals surface area contributed by atoms with E-state index in [4.69, 9.17) is 0 Å². The van der Waals surface area contributed by atoms with Crippen molar-refractivity contribution in [2.24, 2.45) is 0 Å². The Bertz CT molecular complexity index is 449. The smallest absolute Gasteiger partial charge is 1.00 e. The van der Waals surface area contributed by atoms with E-state index < -0.39 is 0 Å². The van der Waals surface area contributed by atoms with Crippen molar-refractivity contribution in [2.45, 2.75) is 0 Å². The Hall–Kier alpha value is -0.487. The quantitative estimate of drug-likeness (QED) is 0.424. The molecular formula is C16H15Cl2Zr-3. The van der Waals surface area contributed by atoms with Crippen molar-refractivity contribution in [2.75, 3.05) is 0 Å². The van der Waals surface area contributed by atoms with Gasteiger partial charge in [-0.05, 0) is 0 Å². The van der Waals surface area contributed by atoms with Gasteiger partial charge in [0.1, 0.15) is 0 Å². The molecule has 3 rings (SSSR count). The average Bonchev–Trinajstić information content (AvgIpc) is 2.80. The fraction of sp³-hybridized carbons (Fsp3) is 0. The summed E-state index contributed by atoms with van der Waals surface area (Å²) in [6.45, 7) is 0.